The summed E-state index contributed by atoms with van der Waals surface area (Å²) in [5, 5.41) is 0.872. The van der Waals surface area contributed by atoms with E-state index >= 15 is 0 Å². The van der Waals surface area contributed by atoms with Crippen molar-refractivity contribution >= 4 is 53.0 Å². The van der Waals surface area contributed by atoms with Crippen LogP contribution in [-0.4, -0.2) is 16.7 Å². The van der Waals surface area contributed by atoms with Crippen LogP contribution in [0, 0.1) is 15.4 Å². The van der Waals surface area contributed by atoms with Crippen LogP contribution in [0.15, 0.2) is 34.3 Å². The lowest BCUT2D eigenvalue weighted by molar-refractivity contribution is 0.447. The van der Waals surface area contributed by atoms with Crippen molar-refractivity contribution in [2.24, 2.45) is 10.9 Å². The van der Waals surface area contributed by atoms with Gasteiger partial charge in [-0.1, -0.05) is 24.9 Å². The molecule has 0 radical (unpaired) electrons. The summed E-state index contributed by atoms with van der Waals surface area (Å²) in [6, 6.07) is 6.07. The Kier molecular flexibility index (Phi) is 7.95. The zero-order valence-corrected chi connectivity index (χ0v) is 18.3. The van der Waals surface area contributed by atoms with E-state index in [-0.39, 0.29) is 11.4 Å². The van der Waals surface area contributed by atoms with Gasteiger partial charge in [0.05, 0.1) is 15.6 Å². The monoisotopic (exact) mass is 492 g/mol. The van der Waals surface area contributed by atoms with Crippen LogP contribution in [0.3, 0.4) is 0 Å². The van der Waals surface area contributed by atoms with Crippen molar-refractivity contribution in [3.05, 3.63) is 44.4 Å². The third-order valence-electron chi connectivity index (χ3n) is 4.56. The maximum atomic E-state index is 14.1. The smallest absolute Gasteiger partial charge is 0.123 e. The number of rotatable bonds is 4. The van der Waals surface area contributed by atoms with Crippen molar-refractivity contribution < 1.29 is 4.39 Å². The second kappa shape index (κ2) is 9.51. The first kappa shape index (κ1) is 20.9. The molecule has 1 saturated carbocycles. The number of nitrogens with zero attached hydrogens (tertiary/aromatic N) is 2. The van der Waals surface area contributed by atoms with Gasteiger partial charge < -0.3 is 0 Å². The molecule has 0 bridgehead atoms. The van der Waals surface area contributed by atoms with Gasteiger partial charge in [-0.05, 0) is 84.5 Å². The van der Waals surface area contributed by atoms with Gasteiger partial charge >= 0.3 is 0 Å². The molecule has 136 valence electrons. The molecule has 1 aromatic rings. The molecule has 1 aliphatic carbocycles. The lowest BCUT2D eigenvalue weighted by Crippen LogP contribution is -2.17. The van der Waals surface area contributed by atoms with E-state index in [9.17, 15) is 4.39 Å². The van der Waals surface area contributed by atoms with Crippen LogP contribution in [0.1, 0.15) is 45.1 Å². The SMILES string of the molecule is CCC1CC[C@@](C)(/N=C\Cc2cc(F)ccc(Cl)c(I)nc(S)c2)C1. The average molecular weight is 493 g/mol. The molecule has 2 rings (SSSR count). The van der Waals surface area contributed by atoms with E-state index in [0.29, 0.717) is 20.2 Å². The molecule has 1 fully saturated rings. The van der Waals surface area contributed by atoms with Gasteiger partial charge in [0.25, 0.3) is 0 Å². The molecule has 0 spiro atoms. The van der Waals surface area contributed by atoms with E-state index in [1.807, 2.05) is 28.8 Å². The summed E-state index contributed by atoms with van der Waals surface area (Å²) in [7, 11) is 0. The van der Waals surface area contributed by atoms with Crippen molar-refractivity contribution in [3.8, 4) is 0 Å². The molecule has 1 heterocycles. The third-order valence-corrected chi connectivity index (χ3v) is 6.24. The predicted octanol–water partition coefficient (Wildman–Crippen LogP) is 6.47. The minimum atomic E-state index is -0.358. The fourth-order valence-corrected chi connectivity index (χ4v) is 4.14. The fraction of sp³-hybridized carbons (Fsp3) is 0.474. The molecular formula is C19H23ClFIN2S. The van der Waals surface area contributed by atoms with E-state index < -0.39 is 0 Å². The number of aromatic nitrogens is 1. The second-order valence-corrected chi connectivity index (χ2v) is 8.61. The van der Waals surface area contributed by atoms with Crippen molar-refractivity contribution in [2.75, 3.05) is 0 Å². The fourth-order valence-electron chi connectivity index (χ4n) is 3.14. The molecule has 0 N–H and O–H groups in total. The quantitative estimate of drug-likeness (QED) is 0.291. The molecule has 6 heteroatoms. The lowest BCUT2D eigenvalue weighted by Gasteiger charge is -2.18. The Morgan fingerprint density at radius 2 is 2.24 bits per heavy atom. The predicted molar refractivity (Wildman–Crippen MR) is 115 cm³/mol. The largest absolute Gasteiger partial charge is 0.291 e. The van der Waals surface area contributed by atoms with E-state index in [1.165, 1.54) is 31.0 Å². The molecule has 1 aliphatic rings. The molecule has 2 nitrogen and oxygen atoms in total. The van der Waals surface area contributed by atoms with Crippen LogP contribution in [0.25, 0.3) is 0 Å². The van der Waals surface area contributed by atoms with Gasteiger partial charge in [0, 0.05) is 12.6 Å². The molecule has 1 unspecified atom stereocenters. The summed E-state index contributed by atoms with van der Waals surface area (Å²) in [4.78, 5) is 9.09. The van der Waals surface area contributed by atoms with E-state index in [4.69, 9.17) is 16.6 Å². The zero-order chi connectivity index (χ0) is 18.4. The highest BCUT2D eigenvalue weighted by Crippen LogP contribution is 2.38. The molecular weight excluding hydrogens is 470 g/mol. The summed E-state index contributed by atoms with van der Waals surface area (Å²) in [5.74, 6) is 0.412. The van der Waals surface area contributed by atoms with Crippen LogP contribution in [0.4, 0.5) is 4.39 Å². The van der Waals surface area contributed by atoms with Gasteiger partial charge in [-0.15, -0.1) is 12.6 Å². The molecule has 0 aliphatic heterocycles. The van der Waals surface area contributed by atoms with Crippen LogP contribution in [-0.2, 0) is 6.42 Å². The van der Waals surface area contributed by atoms with Crippen LogP contribution >= 0.6 is 46.8 Å². The summed E-state index contributed by atoms with van der Waals surface area (Å²) in [6.45, 7) is 4.45. The summed E-state index contributed by atoms with van der Waals surface area (Å²) in [5.41, 5.74) is 0.790. The third kappa shape index (κ3) is 6.68. The van der Waals surface area contributed by atoms with Crippen molar-refractivity contribution in [3.63, 3.8) is 0 Å². The highest BCUT2D eigenvalue weighted by Gasteiger charge is 2.33. The van der Waals surface area contributed by atoms with E-state index in [2.05, 4.69) is 31.5 Å². The Morgan fingerprint density at radius 3 is 2.92 bits per heavy atom. The standard InChI is InChI=1S/C19H23ClFIN2S/c1-3-13-6-8-19(2,12-13)23-9-7-14-10-15(21)4-5-16(20)18(22)24-17(25)11-14/h4-5,9-11,13H,3,6-8,12H2,1-2H3,(H,24,25)/b23-9-/t13?,19-/m1/s1. The number of aliphatic imine (C=N–C) groups is 1. The van der Waals surface area contributed by atoms with E-state index in [0.717, 1.165) is 24.3 Å². The highest BCUT2D eigenvalue weighted by atomic mass is 127. The zero-order valence-electron chi connectivity index (χ0n) is 14.5. The van der Waals surface area contributed by atoms with Gasteiger partial charge in [-0.3, -0.25) is 4.99 Å². The minimum Gasteiger partial charge on any atom is -0.291 e. The molecule has 1 aromatic heterocycles. The maximum Gasteiger partial charge on any atom is 0.123 e. The van der Waals surface area contributed by atoms with E-state index in [1.54, 1.807) is 6.07 Å². The van der Waals surface area contributed by atoms with Gasteiger partial charge in [0.1, 0.15) is 9.52 Å². The van der Waals surface area contributed by atoms with Gasteiger partial charge in [-0.2, -0.15) is 0 Å². The van der Waals surface area contributed by atoms with Gasteiger partial charge in [0.15, 0.2) is 0 Å². The van der Waals surface area contributed by atoms with Crippen LogP contribution in [0.2, 0.25) is 5.02 Å². The number of thiol groups is 1. The Hall–Kier alpha value is -0.400. The summed E-state index contributed by atoms with van der Waals surface area (Å²) < 4.78 is 14.6. The molecule has 0 amide bonds. The Morgan fingerprint density at radius 1 is 1.48 bits per heavy atom. The second-order valence-electron chi connectivity index (χ2n) is 6.72. The number of hydrogen-bond acceptors (Lipinski definition) is 3. The normalized spacial score (nSPS) is 23.0. The molecule has 2 atom stereocenters. The molecule has 0 saturated heterocycles. The number of hydrogen-bond donors (Lipinski definition) is 1. The first-order chi connectivity index (χ1) is 11.8. The Bertz CT molecular complexity index is 712. The maximum absolute atomic E-state index is 14.1. The molecule has 0 aromatic carbocycles. The van der Waals surface area contributed by atoms with Crippen LogP contribution in [0.5, 0.6) is 0 Å². The Labute approximate surface area is 173 Å². The lowest BCUT2D eigenvalue weighted by atomic mass is 9.98. The number of halogens is 3. The Balaban J connectivity index is 2.24. The topological polar surface area (TPSA) is 25.2 Å². The average Bonchev–Trinajstić information content (AvgIpc) is 2.93. The van der Waals surface area contributed by atoms with Crippen molar-refractivity contribution in [2.45, 2.75) is 56.5 Å². The molecule has 25 heavy (non-hydrogen) atoms. The first-order valence-electron chi connectivity index (χ1n) is 8.44. The van der Waals surface area contributed by atoms with Gasteiger partial charge in [0.2, 0.25) is 0 Å². The summed E-state index contributed by atoms with van der Waals surface area (Å²) in [6.07, 6.45) is 7.15. The summed E-state index contributed by atoms with van der Waals surface area (Å²) >= 11 is 12.4. The van der Waals surface area contributed by atoms with Gasteiger partial charge in [-0.25, -0.2) is 9.37 Å². The highest BCUT2D eigenvalue weighted by molar-refractivity contribution is 14.1. The van der Waals surface area contributed by atoms with Crippen LogP contribution < -0.4 is 0 Å². The minimum absolute atomic E-state index is 0.0168. The van der Waals surface area contributed by atoms with Crippen molar-refractivity contribution in [1.29, 1.82) is 0 Å². The first-order valence-corrected chi connectivity index (χ1v) is 10.3. The van der Waals surface area contributed by atoms with Crippen molar-refractivity contribution in [1.82, 2.24) is 4.98 Å².